The third kappa shape index (κ3) is 2.55. The van der Waals surface area contributed by atoms with Crippen molar-refractivity contribution in [2.24, 2.45) is 0 Å². The predicted molar refractivity (Wildman–Crippen MR) is 65.6 cm³/mol. The summed E-state index contributed by atoms with van der Waals surface area (Å²) in [6, 6.07) is 2.11. The van der Waals surface area contributed by atoms with E-state index < -0.39 is 5.97 Å². The van der Waals surface area contributed by atoms with Crippen LogP contribution in [0.2, 0.25) is 0 Å². The summed E-state index contributed by atoms with van der Waals surface area (Å²) in [5, 5.41) is 12.3. The molecule has 0 aliphatic carbocycles. The number of carboxylic acid groups (broad SMARTS) is 1. The minimum absolute atomic E-state index is 0.245. The maximum atomic E-state index is 10.8. The topological polar surface area (TPSA) is 65.5 Å². The van der Waals surface area contributed by atoms with Crippen LogP contribution in [-0.4, -0.2) is 41.7 Å². The van der Waals surface area contributed by atoms with Gasteiger partial charge in [0, 0.05) is 31.9 Å². The molecule has 5 heteroatoms. The lowest BCUT2D eigenvalue weighted by atomic mass is 10.1. The van der Waals surface area contributed by atoms with Gasteiger partial charge >= 0.3 is 5.97 Å². The van der Waals surface area contributed by atoms with Crippen molar-refractivity contribution >= 4 is 11.8 Å². The second-order valence-corrected chi connectivity index (χ2v) is 4.47. The maximum absolute atomic E-state index is 10.8. The average Bonchev–Trinajstić information content (AvgIpc) is 2.28. The molecule has 1 unspecified atom stereocenters. The summed E-state index contributed by atoms with van der Waals surface area (Å²) in [7, 11) is 0. The molecular formula is C12H17N3O2. The zero-order valence-corrected chi connectivity index (χ0v) is 10.1. The number of pyridine rings is 1. The highest BCUT2D eigenvalue weighted by molar-refractivity contribution is 5.87. The van der Waals surface area contributed by atoms with Crippen LogP contribution < -0.4 is 10.2 Å². The molecule has 1 atom stereocenters. The molecule has 1 aromatic heterocycles. The Labute approximate surface area is 100 Å². The number of anilines is 1. The van der Waals surface area contributed by atoms with E-state index in [0.29, 0.717) is 6.04 Å². The standard InChI is InChI=1S/C12H17N3O2/c1-8-5-10(12(16)17)6-14-11(8)15-4-3-13-9(2)7-15/h5-6,9,13H,3-4,7H2,1-2H3,(H,16,17). The summed E-state index contributed by atoms with van der Waals surface area (Å²) in [5.74, 6) is -0.0378. The van der Waals surface area contributed by atoms with Crippen molar-refractivity contribution in [1.29, 1.82) is 0 Å². The van der Waals surface area contributed by atoms with E-state index in [-0.39, 0.29) is 5.56 Å². The largest absolute Gasteiger partial charge is 0.478 e. The van der Waals surface area contributed by atoms with Crippen molar-refractivity contribution in [3.63, 3.8) is 0 Å². The van der Waals surface area contributed by atoms with E-state index in [1.54, 1.807) is 6.07 Å². The Kier molecular flexibility index (Phi) is 3.28. The molecule has 1 fully saturated rings. The van der Waals surface area contributed by atoms with Gasteiger partial charge in [-0.15, -0.1) is 0 Å². The van der Waals surface area contributed by atoms with E-state index in [2.05, 4.69) is 22.1 Å². The number of hydrogen-bond donors (Lipinski definition) is 2. The summed E-state index contributed by atoms with van der Waals surface area (Å²) in [6.45, 7) is 6.78. The summed E-state index contributed by atoms with van der Waals surface area (Å²) in [6.07, 6.45) is 1.43. The SMILES string of the molecule is Cc1cc(C(=O)O)cnc1N1CCNC(C)C1. The molecule has 1 aromatic rings. The van der Waals surface area contributed by atoms with E-state index in [9.17, 15) is 4.79 Å². The second-order valence-electron chi connectivity index (χ2n) is 4.47. The lowest BCUT2D eigenvalue weighted by molar-refractivity contribution is 0.0696. The first-order valence-corrected chi connectivity index (χ1v) is 5.76. The molecule has 0 amide bonds. The van der Waals surface area contributed by atoms with Crippen molar-refractivity contribution < 1.29 is 9.90 Å². The van der Waals surface area contributed by atoms with Crippen LogP contribution in [-0.2, 0) is 0 Å². The highest BCUT2D eigenvalue weighted by Gasteiger charge is 2.19. The fourth-order valence-corrected chi connectivity index (χ4v) is 2.14. The number of aromatic nitrogens is 1. The summed E-state index contributed by atoms with van der Waals surface area (Å²) in [5.41, 5.74) is 1.16. The molecule has 0 radical (unpaired) electrons. The normalized spacial score (nSPS) is 20.4. The molecule has 17 heavy (non-hydrogen) atoms. The minimum atomic E-state index is -0.930. The molecule has 2 heterocycles. The maximum Gasteiger partial charge on any atom is 0.337 e. The van der Waals surface area contributed by atoms with Crippen LogP contribution in [0.25, 0.3) is 0 Å². The number of carbonyl (C=O) groups is 1. The van der Waals surface area contributed by atoms with Crippen LogP contribution >= 0.6 is 0 Å². The smallest absolute Gasteiger partial charge is 0.337 e. The fraction of sp³-hybridized carbons (Fsp3) is 0.500. The third-order valence-electron chi connectivity index (χ3n) is 2.97. The summed E-state index contributed by atoms with van der Waals surface area (Å²) in [4.78, 5) is 17.3. The molecule has 5 nitrogen and oxygen atoms in total. The molecule has 1 aliphatic rings. The Morgan fingerprint density at radius 2 is 2.41 bits per heavy atom. The van der Waals surface area contributed by atoms with Gasteiger partial charge in [0.1, 0.15) is 5.82 Å². The van der Waals surface area contributed by atoms with Crippen LogP contribution in [0.4, 0.5) is 5.82 Å². The van der Waals surface area contributed by atoms with Gasteiger partial charge in [-0.05, 0) is 25.5 Å². The van der Waals surface area contributed by atoms with Crippen LogP contribution in [0.1, 0.15) is 22.8 Å². The molecule has 0 saturated carbocycles. The van der Waals surface area contributed by atoms with Gasteiger partial charge in [-0.1, -0.05) is 0 Å². The van der Waals surface area contributed by atoms with Crippen molar-refractivity contribution in [3.8, 4) is 0 Å². The number of carboxylic acids is 1. The molecule has 2 N–H and O–H groups in total. The Balaban J connectivity index is 2.23. The number of rotatable bonds is 2. The number of nitrogens with one attached hydrogen (secondary N) is 1. The zero-order chi connectivity index (χ0) is 12.4. The molecule has 0 bridgehead atoms. The summed E-state index contributed by atoms with van der Waals surface area (Å²) < 4.78 is 0. The van der Waals surface area contributed by atoms with E-state index in [1.807, 2.05) is 6.92 Å². The molecule has 92 valence electrons. The van der Waals surface area contributed by atoms with E-state index >= 15 is 0 Å². The third-order valence-corrected chi connectivity index (χ3v) is 2.97. The lowest BCUT2D eigenvalue weighted by Gasteiger charge is -2.33. The van der Waals surface area contributed by atoms with Crippen molar-refractivity contribution in [2.45, 2.75) is 19.9 Å². The molecule has 1 saturated heterocycles. The van der Waals surface area contributed by atoms with Gasteiger partial charge in [0.15, 0.2) is 0 Å². The van der Waals surface area contributed by atoms with Crippen molar-refractivity contribution in [3.05, 3.63) is 23.4 Å². The minimum Gasteiger partial charge on any atom is -0.478 e. The predicted octanol–water partition coefficient (Wildman–Crippen LogP) is 0.886. The van der Waals surface area contributed by atoms with Gasteiger partial charge in [0.05, 0.1) is 5.56 Å². The molecule has 0 aromatic carbocycles. The lowest BCUT2D eigenvalue weighted by Crippen LogP contribution is -2.49. The van der Waals surface area contributed by atoms with Gasteiger partial charge in [0.25, 0.3) is 0 Å². The highest BCUT2D eigenvalue weighted by Crippen LogP contribution is 2.19. The number of aryl methyl sites for hydroxylation is 1. The Hall–Kier alpha value is -1.62. The zero-order valence-electron chi connectivity index (χ0n) is 10.1. The van der Waals surface area contributed by atoms with Crippen LogP contribution in [0.15, 0.2) is 12.3 Å². The molecule has 0 spiro atoms. The Morgan fingerprint density at radius 1 is 1.65 bits per heavy atom. The van der Waals surface area contributed by atoms with Gasteiger partial charge in [0.2, 0.25) is 0 Å². The van der Waals surface area contributed by atoms with E-state index in [1.165, 1.54) is 6.20 Å². The van der Waals surface area contributed by atoms with Gasteiger partial charge in [-0.25, -0.2) is 9.78 Å². The Morgan fingerprint density at radius 3 is 3.00 bits per heavy atom. The van der Waals surface area contributed by atoms with Crippen LogP contribution in [0, 0.1) is 6.92 Å². The first kappa shape index (κ1) is 11.9. The molecule has 2 rings (SSSR count). The monoisotopic (exact) mass is 235 g/mol. The summed E-state index contributed by atoms with van der Waals surface area (Å²) >= 11 is 0. The molecule has 1 aliphatic heterocycles. The van der Waals surface area contributed by atoms with Gasteiger partial charge in [-0.3, -0.25) is 0 Å². The van der Waals surface area contributed by atoms with E-state index in [4.69, 9.17) is 5.11 Å². The van der Waals surface area contributed by atoms with Crippen LogP contribution in [0.5, 0.6) is 0 Å². The van der Waals surface area contributed by atoms with Crippen molar-refractivity contribution in [2.75, 3.05) is 24.5 Å². The van der Waals surface area contributed by atoms with Crippen LogP contribution in [0.3, 0.4) is 0 Å². The molecular weight excluding hydrogens is 218 g/mol. The van der Waals surface area contributed by atoms with Gasteiger partial charge in [-0.2, -0.15) is 0 Å². The van der Waals surface area contributed by atoms with E-state index in [0.717, 1.165) is 31.0 Å². The quantitative estimate of drug-likeness (QED) is 0.797. The second kappa shape index (κ2) is 4.71. The average molecular weight is 235 g/mol. The number of hydrogen-bond acceptors (Lipinski definition) is 4. The fourth-order valence-electron chi connectivity index (χ4n) is 2.14. The number of aromatic carboxylic acids is 1. The number of piperazine rings is 1. The Bertz CT molecular complexity index is 434. The number of nitrogens with zero attached hydrogens (tertiary/aromatic N) is 2. The highest BCUT2D eigenvalue weighted by atomic mass is 16.4. The first-order chi connectivity index (χ1) is 8.08. The van der Waals surface area contributed by atoms with Crippen molar-refractivity contribution in [1.82, 2.24) is 10.3 Å². The van der Waals surface area contributed by atoms with Gasteiger partial charge < -0.3 is 15.3 Å². The first-order valence-electron chi connectivity index (χ1n) is 5.76.